The first-order valence-corrected chi connectivity index (χ1v) is 7.70. The molecule has 5 heteroatoms. The number of carbonyl (C=O) groups excluding carboxylic acids is 1. The predicted molar refractivity (Wildman–Crippen MR) is 90.1 cm³/mol. The molecule has 1 aromatic carbocycles. The number of aromatic nitrogens is 1. The highest BCUT2D eigenvalue weighted by atomic mass is 16.5. The number of hydrogen-bond donors (Lipinski definition) is 0. The standard InChI is InChI=1S/C18H21N3O2/c1-13-7-9-14(10-8-13)23-15-11-21(12-15)17-6-4-5-16(19-17)18(22)20(2)3/h4-10,15H,11-12H2,1-3H3. The van der Waals surface area contributed by atoms with Crippen molar-refractivity contribution in [2.45, 2.75) is 13.0 Å². The molecule has 0 saturated carbocycles. The van der Waals surface area contributed by atoms with Crippen LogP contribution in [0.3, 0.4) is 0 Å². The maximum Gasteiger partial charge on any atom is 0.272 e. The van der Waals surface area contributed by atoms with Gasteiger partial charge in [-0.05, 0) is 31.2 Å². The highest BCUT2D eigenvalue weighted by Gasteiger charge is 2.30. The van der Waals surface area contributed by atoms with E-state index in [4.69, 9.17) is 4.74 Å². The smallest absolute Gasteiger partial charge is 0.272 e. The van der Waals surface area contributed by atoms with Gasteiger partial charge >= 0.3 is 0 Å². The van der Waals surface area contributed by atoms with Gasteiger partial charge in [0, 0.05) is 14.1 Å². The van der Waals surface area contributed by atoms with Crippen molar-refractivity contribution in [3.05, 3.63) is 53.7 Å². The Bertz CT molecular complexity index is 692. The first-order chi connectivity index (χ1) is 11.0. The molecule has 0 atom stereocenters. The van der Waals surface area contributed by atoms with Crippen molar-refractivity contribution in [3.8, 4) is 5.75 Å². The Balaban J connectivity index is 1.60. The Kier molecular flexibility index (Phi) is 4.19. The fourth-order valence-corrected chi connectivity index (χ4v) is 2.46. The largest absolute Gasteiger partial charge is 0.487 e. The van der Waals surface area contributed by atoms with E-state index in [0.29, 0.717) is 5.69 Å². The Morgan fingerprint density at radius 3 is 2.52 bits per heavy atom. The highest BCUT2D eigenvalue weighted by molar-refractivity contribution is 5.92. The third kappa shape index (κ3) is 3.44. The molecule has 1 saturated heterocycles. The fraction of sp³-hybridized carbons (Fsp3) is 0.333. The number of aryl methyl sites for hydroxylation is 1. The van der Waals surface area contributed by atoms with Gasteiger partial charge < -0.3 is 14.5 Å². The fourth-order valence-electron chi connectivity index (χ4n) is 2.46. The zero-order valence-corrected chi connectivity index (χ0v) is 13.7. The summed E-state index contributed by atoms with van der Waals surface area (Å²) >= 11 is 0. The molecule has 1 aromatic heterocycles. The maximum atomic E-state index is 12.0. The van der Waals surface area contributed by atoms with Crippen molar-refractivity contribution >= 4 is 11.7 Å². The molecule has 0 bridgehead atoms. The van der Waals surface area contributed by atoms with Gasteiger partial charge in [-0.3, -0.25) is 4.79 Å². The van der Waals surface area contributed by atoms with Gasteiger partial charge in [-0.1, -0.05) is 23.8 Å². The molecule has 2 heterocycles. The van der Waals surface area contributed by atoms with E-state index < -0.39 is 0 Å². The van der Waals surface area contributed by atoms with Gasteiger partial charge in [0.15, 0.2) is 0 Å². The third-order valence-electron chi connectivity index (χ3n) is 3.86. The second kappa shape index (κ2) is 6.28. The van der Waals surface area contributed by atoms with Crippen LogP contribution >= 0.6 is 0 Å². The predicted octanol–water partition coefficient (Wildman–Crippen LogP) is 2.36. The summed E-state index contributed by atoms with van der Waals surface area (Å²) in [6.45, 7) is 3.61. The number of pyridine rings is 1. The normalized spacial score (nSPS) is 14.3. The quantitative estimate of drug-likeness (QED) is 0.869. The van der Waals surface area contributed by atoms with Gasteiger partial charge in [-0.15, -0.1) is 0 Å². The summed E-state index contributed by atoms with van der Waals surface area (Å²) in [5.41, 5.74) is 1.69. The average molecular weight is 311 g/mol. The molecule has 3 rings (SSSR count). The van der Waals surface area contributed by atoms with Crippen LogP contribution in [-0.4, -0.2) is 49.1 Å². The molecule has 0 radical (unpaired) electrons. The Morgan fingerprint density at radius 1 is 1.17 bits per heavy atom. The van der Waals surface area contributed by atoms with Gasteiger partial charge in [0.2, 0.25) is 0 Å². The average Bonchev–Trinajstić information content (AvgIpc) is 2.51. The minimum Gasteiger partial charge on any atom is -0.487 e. The monoisotopic (exact) mass is 311 g/mol. The van der Waals surface area contributed by atoms with Crippen LogP contribution in [0, 0.1) is 6.92 Å². The molecule has 0 N–H and O–H groups in total. The number of hydrogen-bond acceptors (Lipinski definition) is 4. The lowest BCUT2D eigenvalue weighted by molar-refractivity contribution is 0.0822. The Morgan fingerprint density at radius 2 is 1.87 bits per heavy atom. The van der Waals surface area contributed by atoms with E-state index in [0.717, 1.165) is 24.7 Å². The molecule has 5 nitrogen and oxygen atoms in total. The summed E-state index contributed by atoms with van der Waals surface area (Å²) in [5.74, 6) is 1.63. The number of amides is 1. The zero-order valence-electron chi connectivity index (χ0n) is 13.7. The number of benzene rings is 1. The number of ether oxygens (including phenoxy) is 1. The van der Waals surface area contributed by atoms with Crippen LogP contribution < -0.4 is 9.64 Å². The van der Waals surface area contributed by atoms with Gasteiger partial charge in [0.25, 0.3) is 5.91 Å². The summed E-state index contributed by atoms with van der Waals surface area (Å²) in [5, 5.41) is 0. The van der Waals surface area contributed by atoms with Crippen molar-refractivity contribution < 1.29 is 9.53 Å². The molecule has 0 unspecified atom stereocenters. The van der Waals surface area contributed by atoms with Crippen molar-refractivity contribution in [3.63, 3.8) is 0 Å². The molecule has 1 aliphatic rings. The van der Waals surface area contributed by atoms with E-state index in [1.54, 1.807) is 20.2 Å². The van der Waals surface area contributed by atoms with Crippen LogP contribution in [-0.2, 0) is 0 Å². The second-order valence-corrected chi connectivity index (χ2v) is 6.04. The molecular formula is C18H21N3O2. The van der Waals surface area contributed by atoms with Crippen molar-refractivity contribution in [1.82, 2.24) is 9.88 Å². The van der Waals surface area contributed by atoms with Crippen LogP contribution in [0.2, 0.25) is 0 Å². The number of rotatable bonds is 4. The zero-order chi connectivity index (χ0) is 16.4. The molecule has 1 amide bonds. The van der Waals surface area contributed by atoms with Crippen LogP contribution in [0.15, 0.2) is 42.5 Å². The number of nitrogens with zero attached hydrogens (tertiary/aromatic N) is 3. The third-order valence-corrected chi connectivity index (χ3v) is 3.86. The van der Waals surface area contributed by atoms with Crippen LogP contribution in [0.1, 0.15) is 16.1 Å². The molecule has 120 valence electrons. The van der Waals surface area contributed by atoms with Gasteiger partial charge in [-0.2, -0.15) is 0 Å². The van der Waals surface area contributed by atoms with Gasteiger partial charge in [-0.25, -0.2) is 4.98 Å². The lowest BCUT2D eigenvalue weighted by Gasteiger charge is -2.39. The first-order valence-electron chi connectivity index (χ1n) is 7.70. The van der Waals surface area contributed by atoms with Crippen molar-refractivity contribution in [2.24, 2.45) is 0 Å². The lowest BCUT2D eigenvalue weighted by Crippen LogP contribution is -2.54. The van der Waals surface area contributed by atoms with E-state index in [9.17, 15) is 4.79 Å². The van der Waals surface area contributed by atoms with Gasteiger partial charge in [0.1, 0.15) is 23.4 Å². The van der Waals surface area contributed by atoms with Crippen molar-refractivity contribution in [2.75, 3.05) is 32.1 Å². The summed E-state index contributed by atoms with van der Waals surface area (Å²) in [7, 11) is 3.46. The van der Waals surface area contributed by atoms with Crippen molar-refractivity contribution in [1.29, 1.82) is 0 Å². The SMILES string of the molecule is Cc1ccc(OC2CN(c3cccc(C(=O)N(C)C)n3)C2)cc1. The summed E-state index contributed by atoms with van der Waals surface area (Å²) in [6.07, 6.45) is 0.160. The summed E-state index contributed by atoms with van der Waals surface area (Å²) < 4.78 is 5.93. The molecule has 2 aromatic rings. The molecule has 0 spiro atoms. The minimum atomic E-state index is -0.0835. The molecule has 1 fully saturated rings. The van der Waals surface area contributed by atoms with E-state index in [-0.39, 0.29) is 12.0 Å². The topological polar surface area (TPSA) is 45.7 Å². The Labute approximate surface area is 136 Å². The first kappa shape index (κ1) is 15.3. The van der Waals surface area contributed by atoms with Crippen LogP contribution in [0.4, 0.5) is 5.82 Å². The van der Waals surface area contributed by atoms with E-state index in [2.05, 4.69) is 16.8 Å². The molecule has 0 aliphatic carbocycles. The molecule has 1 aliphatic heterocycles. The minimum absolute atomic E-state index is 0.0835. The molecular weight excluding hydrogens is 290 g/mol. The number of carbonyl (C=O) groups is 1. The van der Waals surface area contributed by atoms with E-state index in [1.165, 1.54) is 10.5 Å². The molecule has 23 heavy (non-hydrogen) atoms. The maximum absolute atomic E-state index is 12.0. The van der Waals surface area contributed by atoms with Crippen LogP contribution in [0.5, 0.6) is 5.75 Å². The lowest BCUT2D eigenvalue weighted by atomic mass is 10.1. The van der Waals surface area contributed by atoms with E-state index >= 15 is 0 Å². The second-order valence-electron chi connectivity index (χ2n) is 6.04. The Hall–Kier alpha value is -2.56. The summed E-state index contributed by atoms with van der Waals surface area (Å²) in [4.78, 5) is 20.1. The summed E-state index contributed by atoms with van der Waals surface area (Å²) in [6, 6.07) is 13.6. The van der Waals surface area contributed by atoms with Crippen LogP contribution in [0.25, 0.3) is 0 Å². The highest BCUT2D eigenvalue weighted by Crippen LogP contribution is 2.23. The van der Waals surface area contributed by atoms with E-state index in [1.807, 2.05) is 36.4 Å². The van der Waals surface area contributed by atoms with Gasteiger partial charge in [0.05, 0.1) is 13.1 Å². The number of anilines is 1.